The minimum Gasteiger partial charge on any atom is -0.395 e. The van der Waals surface area contributed by atoms with E-state index in [0.29, 0.717) is 18.1 Å². The molecule has 2 aromatic carbocycles. The number of aliphatic hydroxyl groups is 1. The molecule has 2 aromatic rings. The van der Waals surface area contributed by atoms with Crippen LogP contribution < -0.4 is 16.0 Å². The quantitative estimate of drug-likeness (QED) is 0.366. The van der Waals surface area contributed by atoms with E-state index in [-0.39, 0.29) is 24.0 Å². The molecule has 0 spiro atoms. The van der Waals surface area contributed by atoms with E-state index in [4.69, 9.17) is 16.7 Å². The summed E-state index contributed by atoms with van der Waals surface area (Å²) in [7, 11) is -4.08. The highest BCUT2D eigenvalue weighted by atomic mass is 35.5. The number of rotatable bonds is 9. The number of hydrogen-bond acceptors (Lipinski definition) is 6. The fourth-order valence-electron chi connectivity index (χ4n) is 4.54. The Labute approximate surface area is 215 Å². The van der Waals surface area contributed by atoms with Crippen LogP contribution in [0.4, 0.5) is 0 Å². The van der Waals surface area contributed by atoms with Crippen LogP contribution in [0.15, 0.2) is 59.8 Å². The van der Waals surface area contributed by atoms with Gasteiger partial charge in [-0.2, -0.15) is 0 Å². The summed E-state index contributed by atoms with van der Waals surface area (Å²) < 4.78 is 27.4. The lowest BCUT2D eigenvalue weighted by atomic mass is 9.86. The highest BCUT2D eigenvalue weighted by Crippen LogP contribution is 2.31. The van der Waals surface area contributed by atoms with Crippen LogP contribution in [-0.4, -0.2) is 48.8 Å². The number of amides is 2. The smallest absolute Gasteiger partial charge is 0.264 e. The molecule has 4 N–H and O–H groups in total. The third kappa shape index (κ3) is 5.89. The van der Waals surface area contributed by atoms with Crippen molar-refractivity contribution in [1.29, 1.82) is 0 Å². The second-order valence-electron chi connectivity index (χ2n) is 8.78. The first kappa shape index (κ1) is 26.2. The lowest BCUT2D eigenvalue weighted by molar-refractivity contribution is -0.129. The van der Waals surface area contributed by atoms with Crippen LogP contribution >= 0.6 is 11.6 Å². The molecule has 4 rings (SSSR count). The summed E-state index contributed by atoms with van der Waals surface area (Å²) in [5.41, 5.74) is 3.28. The highest BCUT2D eigenvalue weighted by Gasteiger charge is 2.37. The Morgan fingerprint density at radius 1 is 1.19 bits per heavy atom. The van der Waals surface area contributed by atoms with Crippen LogP contribution in [0.25, 0.3) is 0 Å². The molecule has 0 saturated carbocycles. The molecule has 2 atom stereocenters. The number of fused-ring (bicyclic) bond motifs is 1. The topological polar surface area (TPSA) is 128 Å². The summed E-state index contributed by atoms with van der Waals surface area (Å²) in [6.07, 6.45) is 4.73. The van der Waals surface area contributed by atoms with E-state index < -0.39 is 27.9 Å². The lowest BCUT2D eigenvalue weighted by Crippen LogP contribution is -2.51. The summed E-state index contributed by atoms with van der Waals surface area (Å²) in [5.74, 6) is -0.984. The first-order chi connectivity index (χ1) is 17.3. The van der Waals surface area contributed by atoms with E-state index in [9.17, 15) is 18.0 Å². The fraction of sp³-hybridized carbons (Fsp3) is 0.360. The number of aryl methyl sites for hydroxylation is 1. The molecule has 0 fully saturated rings. The molecule has 1 aliphatic heterocycles. The van der Waals surface area contributed by atoms with E-state index in [2.05, 4.69) is 22.0 Å². The van der Waals surface area contributed by atoms with Crippen molar-refractivity contribution in [3.8, 4) is 0 Å². The summed E-state index contributed by atoms with van der Waals surface area (Å²) in [4.78, 5) is 25.6. The van der Waals surface area contributed by atoms with E-state index in [1.54, 1.807) is 0 Å². The maximum atomic E-state index is 13.2. The lowest BCUT2D eigenvalue weighted by Gasteiger charge is -2.32. The maximum absolute atomic E-state index is 13.2. The van der Waals surface area contributed by atoms with Crippen LogP contribution in [0.3, 0.4) is 0 Å². The Balaban J connectivity index is 1.47. The number of benzene rings is 2. The zero-order valence-electron chi connectivity index (χ0n) is 19.6. The van der Waals surface area contributed by atoms with Crippen LogP contribution in [-0.2, 0) is 32.6 Å². The average molecular weight is 533 g/mol. The van der Waals surface area contributed by atoms with Gasteiger partial charge in [-0.3, -0.25) is 13.9 Å². The fourth-order valence-corrected chi connectivity index (χ4v) is 6.11. The highest BCUT2D eigenvalue weighted by molar-refractivity contribution is 7.89. The number of nitrogens with zero attached hydrogens (tertiary/aromatic N) is 1. The Kier molecular flexibility index (Phi) is 8.30. The molecular formula is C25H29ClN4O5S. The Hall–Kier alpha value is -2.92. The van der Waals surface area contributed by atoms with Gasteiger partial charge >= 0.3 is 0 Å². The van der Waals surface area contributed by atoms with Gasteiger partial charge in [-0.15, -0.1) is 0 Å². The van der Waals surface area contributed by atoms with Crippen molar-refractivity contribution in [3.63, 3.8) is 0 Å². The van der Waals surface area contributed by atoms with Crippen molar-refractivity contribution in [2.75, 3.05) is 13.2 Å². The van der Waals surface area contributed by atoms with Gasteiger partial charge in [-0.25, -0.2) is 8.42 Å². The molecule has 0 saturated heterocycles. The number of carbonyl (C=O) groups excluding carboxylic acids is 2. The maximum Gasteiger partial charge on any atom is 0.264 e. The molecule has 2 aliphatic rings. The van der Waals surface area contributed by atoms with E-state index in [0.717, 1.165) is 40.3 Å². The third-order valence-electron chi connectivity index (χ3n) is 6.30. The van der Waals surface area contributed by atoms with Gasteiger partial charge in [0.2, 0.25) is 11.8 Å². The van der Waals surface area contributed by atoms with Crippen LogP contribution in [0.1, 0.15) is 42.0 Å². The first-order valence-corrected chi connectivity index (χ1v) is 13.6. The van der Waals surface area contributed by atoms with Crippen molar-refractivity contribution in [2.24, 2.45) is 0 Å². The molecule has 2 amide bonds. The predicted octanol–water partition coefficient (Wildman–Crippen LogP) is 1.97. The summed E-state index contributed by atoms with van der Waals surface area (Å²) in [5, 5.41) is 18.0. The first-order valence-electron chi connectivity index (χ1n) is 11.8. The van der Waals surface area contributed by atoms with Gasteiger partial charge in [0.15, 0.2) is 0 Å². The zero-order valence-corrected chi connectivity index (χ0v) is 21.2. The van der Waals surface area contributed by atoms with Crippen LogP contribution in [0.2, 0.25) is 5.02 Å². The third-order valence-corrected chi connectivity index (χ3v) is 8.35. The van der Waals surface area contributed by atoms with E-state index in [1.807, 2.05) is 12.1 Å². The van der Waals surface area contributed by atoms with Gasteiger partial charge in [0.1, 0.15) is 6.04 Å². The van der Waals surface area contributed by atoms with Gasteiger partial charge < -0.3 is 21.1 Å². The van der Waals surface area contributed by atoms with Crippen LogP contribution in [0, 0.1) is 0 Å². The number of carbonyl (C=O) groups is 2. The monoisotopic (exact) mass is 532 g/mol. The normalized spacial score (nSPS) is 19.5. The van der Waals surface area contributed by atoms with Gasteiger partial charge in [-0.1, -0.05) is 29.8 Å². The van der Waals surface area contributed by atoms with Gasteiger partial charge in [0.25, 0.3) is 10.0 Å². The Morgan fingerprint density at radius 2 is 1.97 bits per heavy atom. The molecule has 36 heavy (non-hydrogen) atoms. The summed E-state index contributed by atoms with van der Waals surface area (Å²) >= 11 is 5.88. The molecule has 0 aromatic heterocycles. The Morgan fingerprint density at radius 3 is 2.72 bits per heavy atom. The molecule has 192 valence electrons. The van der Waals surface area contributed by atoms with E-state index in [1.165, 1.54) is 36.7 Å². The zero-order chi connectivity index (χ0) is 25.7. The molecule has 11 heteroatoms. The molecule has 0 unspecified atom stereocenters. The minimum absolute atomic E-state index is 0.0258. The van der Waals surface area contributed by atoms with Gasteiger partial charge in [-0.05, 0) is 60.2 Å². The molecule has 0 bridgehead atoms. The van der Waals surface area contributed by atoms with Crippen molar-refractivity contribution in [1.82, 2.24) is 20.3 Å². The second-order valence-corrected chi connectivity index (χ2v) is 11.1. The standard InChI is InChI=1S/C25H29ClN4O5S/c26-19-5-7-20(8-6-19)36(34,35)30-12-10-28-25(33)23(30)15-24(32)29-22-3-1-2-18-14-17(4-9-21(18)22)16-27-11-13-31/h4-10,12,14,22-23,27,31H,1-3,11,13,15-16H2,(H,28,33)(H,29,32)/t22-,23-/m1/s1. The molecule has 1 aliphatic carbocycles. The molecule has 1 heterocycles. The summed E-state index contributed by atoms with van der Waals surface area (Å²) in [6, 6.07) is 10.3. The van der Waals surface area contributed by atoms with Gasteiger partial charge in [0.05, 0.1) is 24.0 Å². The second kappa shape index (κ2) is 11.4. The predicted molar refractivity (Wildman–Crippen MR) is 135 cm³/mol. The van der Waals surface area contributed by atoms with Crippen molar-refractivity contribution >= 4 is 33.4 Å². The number of nitrogens with one attached hydrogen (secondary N) is 3. The molecular weight excluding hydrogens is 504 g/mol. The number of aliphatic hydroxyl groups excluding tert-OH is 1. The van der Waals surface area contributed by atoms with Crippen molar-refractivity contribution in [3.05, 3.63) is 76.6 Å². The number of halogens is 1. The SMILES string of the molecule is O=C(C[C@@H]1C(=O)NC=CN1S(=O)(=O)c1ccc(Cl)cc1)N[C@@H]1CCCc2cc(CNCCO)ccc21. The van der Waals surface area contributed by atoms with Crippen LogP contribution in [0.5, 0.6) is 0 Å². The minimum atomic E-state index is -4.08. The van der Waals surface area contributed by atoms with E-state index >= 15 is 0 Å². The van der Waals surface area contributed by atoms with Gasteiger partial charge in [0, 0.05) is 30.5 Å². The molecule has 0 radical (unpaired) electrons. The molecule has 9 nitrogen and oxygen atoms in total. The number of hydrogen-bond donors (Lipinski definition) is 4. The largest absolute Gasteiger partial charge is 0.395 e. The average Bonchev–Trinajstić information content (AvgIpc) is 2.85. The Bertz CT molecular complexity index is 1250. The summed E-state index contributed by atoms with van der Waals surface area (Å²) in [6.45, 7) is 1.24. The number of sulfonamides is 1. The van der Waals surface area contributed by atoms with Crippen molar-refractivity contribution < 1.29 is 23.1 Å². The van der Waals surface area contributed by atoms with Crippen molar-refractivity contribution in [2.45, 2.75) is 49.2 Å².